The number of para-hydroxylation sites is 5. The van der Waals surface area contributed by atoms with Crippen LogP contribution < -0.4 is 24.5 Å². The lowest BCUT2D eigenvalue weighted by Crippen LogP contribution is -2.23. The summed E-state index contributed by atoms with van der Waals surface area (Å²) in [4.78, 5) is 50.2. The third kappa shape index (κ3) is 20.0. The summed E-state index contributed by atoms with van der Waals surface area (Å²) in [6.07, 6.45) is 27.7. The Kier molecular flexibility index (Phi) is 25.7. The van der Waals surface area contributed by atoms with E-state index < -0.39 is 0 Å². The molecule has 16 nitrogen and oxygen atoms in total. The van der Waals surface area contributed by atoms with E-state index in [9.17, 15) is 0 Å². The first-order valence-corrected chi connectivity index (χ1v) is 28.8. The zero-order valence-corrected chi connectivity index (χ0v) is 50.2. The molecule has 11 aromatic rings. The number of hydrogen-bond acceptors (Lipinski definition) is 16. The number of benzene rings is 4. The Bertz CT molecular complexity index is 3270. The Balaban J connectivity index is 0.000000148. The van der Waals surface area contributed by atoms with E-state index in [0.29, 0.717) is 11.7 Å². The normalized spacial score (nSPS) is 12.4. The van der Waals surface area contributed by atoms with Crippen LogP contribution in [0.15, 0.2) is 281 Å². The van der Waals surface area contributed by atoms with Gasteiger partial charge < -0.3 is 34.5 Å². The Morgan fingerprint density at radius 2 is 0.841 bits per heavy atom. The molecular formula is C72H79N15O. The fourth-order valence-corrected chi connectivity index (χ4v) is 9.26. The molecule has 0 saturated heterocycles. The standard InChI is InChI=1S/C14H14N2.C13H13N3.C11H9N.C9H11N3.2C9H7N3.C6H14O.CH4/c1-15-11-16(12-7-3-2-4-8-12)14-10-6-5-9-13(14)15;1-15-10-16(11-5-4-8-14-9-11)13-7-3-2-6-12(13)15;1-2-6-10(7-3-1)11-8-4-5-9-12-11;1-11-5-6-12(8-11)9-3-2-4-10-7-9;1-2-5-10-8(4-1)9-11-6-3-7-12-9;1-2-8(6-10-3-1)9-7-11-4-5-12-9;1-5(2)4-6(3)7;/h2-10H,11H2,1H3;2-9H,10H2,1H3;1-9H;2-7H,8H2,1H3;2*1-7H;5-7H,4H2,1-3H3;1H4. The highest BCUT2D eigenvalue weighted by Gasteiger charge is 2.24. The molecule has 1 unspecified atom stereocenters. The van der Waals surface area contributed by atoms with Crippen molar-refractivity contribution in [3.63, 3.8) is 0 Å². The zero-order valence-electron chi connectivity index (χ0n) is 50.2. The maximum atomic E-state index is 8.72. The van der Waals surface area contributed by atoms with E-state index in [1.807, 2.05) is 118 Å². The van der Waals surface area contributed by atoms with E-state index in [0.717, 1.165) is 66.0 Å². The van der Waals surface area contributed by atoms with Crippen LogP contribution in [0.1, 0.15) is 34.6 Å². The van der Waals surface area contributed by atoms with Gasteiger partial charge in [-0.05, 0) is 122 Å². The number of hydrogen-bond donors (Lipinski definition) is 1. The zero-order chi connectivity index (χ0) is 60.8. The SMILES string of the molecule is C.CC(C)CC(C)O.CN1C=CN(c2cccnc2)C1.CN1CN(c2ccccc2)c2ccccc21.CN1CN(c2cccnc2)c2ccccc21.c1ccc(-c2ccccn2)cc1.c1ccc(-c2ncccn2)nc1.c1cncc(-c2cnccn2)c1. The summed E-state index contributed by atoms with van der Waals surface area (Å²) < 4.78 is 0. The van der Waals surface area contributed by atoms with Gasteiger partial charge in [-0.3, -0.25) is 34.9 Å². The molecule has 0 aliphatic carbocycles. The van der Waals surface area contributed by atoms with Gasteiger partial charge in [-0.15, -0.1) is 0 Å². The molecule has 14 rings (SSSR count). The summed E-state index contributed by atoms with van der Waals surface area (Å²) in [7, 11) is 6.28. The van der Waals surface area contributed by atoms with Gasteiger partial charge >= 0.3 is 0 Å². The van der Waals surface area contributed by atoms with Crippen LogP contribution in [0.4, 0.5) is 39.8 Å². The van der Waals surface area contributed by atoms with Gasteiger partial charge in [-0.2, -0.15) is 0 Å². The van der Waals surface area contributed by atoms with E-state index in [1.54, 1.807) is 68.0 Å². The summed E-state index contributed by atoms with van der Waals surface area (Å²) in [6.45, 7) is 8.74. The first-order chi connectivity index (χ1) is 42.6. The van der Waals surface area contributed by atoms with Gasteiger partial charge in [0.25, 0.3) is 0 Å². The molecule has 7 aromatic heterocycles. The second-order valence-electron chi connectivity index (χ2n) is 20.6. The molecule has 0 spiro atoms. The first kappa shape index (κ1) is 64.8. The molecule has 10 heterocycles. The van der Waals surface area contributed by atoms with Crippen LogP contribution in [0.5, 0.6) is 0 Å². The summed E-state index contributed by atoms with van der Waals surface area (Å²) in [5.74, 6) is 1.29. The second-order valence-corrected chi connectivity index (χ2v) is 20.6. The van der Waals surface area contributed by atoms with Gasteiger partial charge in [-0.1, -0.05) is 106 Å². The van der Waals surface area contributed by atoms with Crippen molar-refractivity contribution in [3.8, 4) is 34.0 Å². The molecule has 0 saturated carbocycles. The Hall–Kier alpha value is -10.7. The van der Waals surface area contributed by atoms with E-state index in [1.165, 1.54) is 28.4 Å². The van der Waals surface area contributed by atoms with Gasteiger partial charge in [0, 0.05) is 112 Å². The van der Waals surface area contributed by atoms with E-state index >= 15 is 0 Å². The van der Waals surface area contributed by atoms with E-state index in [4.69, 9.17) is 5.11 Å². The Morgan fingerprint density at radius 3 is 1.32 bits per heavy atom. The van der Waals surface area contributed by atoms with Crippen molar-refractivity contribution in [2.75, 3.05) is 65.6 Å². The second kappa shape index (κ2) is 34.9. The van der Waals surface area contributed by atoms with Gasteiger partial charge in [0.05, 0.1) is 90.2 Å². The van der Waals surface area contributed by atoms with Gasteiger partial charge in [0.2, 0.25) is 0 Å². The molecular weight excluding hydrogens is 1090 g/mol. The van der Waals surface area contributed by atoms with E-state index in [2.05, 4.69) is 212 Å². The molecule has 0 bridgehead atoms. The Morgan fingerprint density at radius 1 is 0.375 bits per heavy atom. The average Bonchev–Trinajstić information content (AvgIpc) is 2.70. The number of rotatable bonds is 8. The smallest absolute Gasteiger partial charge is 0.178 e. The minimum Gasteiger partial charge on any atom is -0.393 e. The summed E-state index contributed by atoms with van der Waals surface area (Å²) >= 11 is 0. The number of nitrogens with zero attached hydrogens (tertiary/aromatic N) is 15. The van der Waals surface area contributed by atoms with Crippen LogP contribution in [0.2, 0.25) is 0 Å². The number of pyridine rings is 5. The number of aliphatic hydroxyl groups is 1. The van der Waals surface area contributed by atoms with E-state index in [-0.39, 0.29) is 13.5 Å². The van der Waals surface area contributed by atoms with Gasteiger partial charge in [0.1, 0.15) is 5.69 Å². The van der Waals surface area contributed by atoms with Crippen LogP contribution in [0.25, 0.3) is 34.0 Å². The van der Waals surface area contributed by atoms with Crippen LogP contribution in [-0.4, -0.2) is 102 Å². The fourth-order valence-electron chi connectivity index (χ4n) is 9.26. The van der Waals surface area contributed by atoms with Crippen LogP contribution in [0, 0.1) is 5.92 Å². The average molecular weight is 1170 g/mol. The molecule has 16 heteroatoms. The molecule has 3 aliphatic rings. The first-order valence-electron chi connectivity index (χ1n) is 28.8. The quantitative estimate of drug-likeness (QED) is 0.153. The van der Waals surface area contributed by atoms with Crippen molar-refractivity contribution in [3.05, 3.63) is 281 Å². The maximum absolute atomic E-state index is 8.72. The molecule has 0 amide bonds. The van der Waals surface area contributed by atoms with Gasteiger partial charge in [0.15, 0.2) is 5.82 Å². The van der Waals surface area contributed by atoms with Crippen LogP contribution in [-0.2, 0) is 0 Å². The minimum atomic E-state index is -0.125. The van der Waals surface area contributed by atoms with Crippen molar-refractivity contribution in [2.24, 2.45) is 5.92 Å². The highest BCUT2D eigenvalue weighted by molar-refractivity contribution is 5.83. The third-order valence-corrected chi connectivity index (χ3v) is 13.3. The minimum absolute atomic E-state index is 0. The van der Waals surface area contributed by atoms with Gasteiger partial charge in [-0.25, -0.2) is 9.97 Å². The molecule has 0 fully saturated rings. The largest absolute Gasteiger partial charge is 0.393 e. The monoisotopic (exact) mass is 1170 g/mol. The van der Waals surface area contributed by atoms with Crippen molar-refractivity contribution < 1.29 is 5.11 Å². The maximum Gasteiger partial charge on any atom is 0.178 e. The number of aliphatic hydroxyl groups excluding tert-OH is 1. The predicted molar refractivity (Wildman–Crippen MR) is 361 cm³/mol. The predicted octanol–water partition coefficient (Wildman–Crippen LogP) is 15.0. The van der Waals surface area contributed by atoms with Crippen molar-refractivity contribution >= 4 is 39.8 Å². The van der Waals surface area contributed by atoms with Crippen molar-refractivity contribution in [1.29, 1.82) is 0 Å². The topological polar surface area (TPSA) is 156 Å². The fraction of sp³-hybridized carbons (Fsp3) is 0.181. The highest BCUT2D eigenvalue weighted by Crippen LogP contribution is 2.40. The van der Waals surface area contributed by atoms with Crippen LogP contribution in [0.3, 0.4) is 0 Å². The lowest BCUT2D eigenvalue weighted by Gasteiger charge is -2.19. The molecule has 1 N–H and O–H groups in total. The molecule has 3 aliphatic heterocycles. The molecule has 88 heavy (non-hydrogen) atoms. The number of aromatic nitrogens is 9. The summed E-state index contributed by atoms with van der Waals surface area (Å²) in [6, 6.07) is 62.9. The number of fused-ring (bicyclic) bond motifs is 2. The molecule has 0 radical (unpaired) electrons. The van der Waals surface area contributed by atoms with Crippen molar-refractivity contribution in [1.82, 2.24) is 49.8 Å². The summed E-state index contributed by atoms with van der Waals surface area (Å²) in [5, 5.41) is 8.72. The lowest BCUT2D eigenvalue weighted by atomic mass is 10.1. The lowest BCUT2D eigenvalue weighted by molar-refractivity contribution is 0.168. The highest BCUT2D eigenvalue weighted by atomic mass is 16.3. The van der Waals surface area contributed by atoms with Crippen molar-refractivity contribution in [2.45, 2.75) is 40.7 Å². The van der Waals surface area contributed by atoms with Crippen LogP contribution >= 0.6 is 0 Å². The molecule has 448 valence electrons. The summed E-state index contributed by atoms with van der Waals surface area (Å²) in [5.41, 5.74) is 13.5. The Labute approximate surface area is 519 Å². The third-order valence-electron chi connectivity index (χ3n) is 13.3. The number of anilines is 7. The molecule has 1 atom stereocenters. The molecule has 4 aromatic carbocycles.